The second-order valence-electron chi connectivity index (χ2n) is 9.39. The van der Waals surface area contributed by atoms with E-state index in [1.54, 1.807) is 6.07 Å². The second-order valence-corrected chi connectivity index (χ2v) is 9.39. The molecule has 3 heterocycles. The molecule has 8 nitrogen and oxygen atoms in total. The summed E-state index contributed by atoms with van der Waals surface area (Å²) in [5.41, 5.74) is 11.7. The van der Waals surface area contributed by atoms with Crippen LogP contribution in [0, 0.1) is 25.7 Å². The normalized spacial score (nSPS) is 14.4. The summed E-state index contributed by atoms with van der Waals surface area (Å²) in [6.07, 6.45) is 3.46. The Balaban J connectivity index is 1.46. The van der Waals surface area contributed by atoms with E-state index in [2.05, 4.69) is 39.1 Å². The van der Waals surface area contributed by atoms with Crippen molar-refractivity contribution in [3.8, 4) is 11.8 Å². The van der Waals surface area contributed by atoms with Gasteiger partial charge in [0.15, 0.2) is 5.65 Å². The van der Waals surface area contributed by atoms with Crippen molar-refractivity contribution in [3.63, 3.8) is 0 Å². The highest BCUT2D eigenvalue weighted by molar-refractivity contribution is 6.04. The van der Waals surface area contributed by atoms with Crippen molar-refractivity contribution >= 4 is 28.4 Å². The number of likely N-dealkylation sites (tertiary alicyclic amines) is 1. The number of benzene rings is 2. The number of rotatable bonds is 3. The molecule has 1 saturated heterocycles. The van der Waals surface area contributed by atoms with E-state index in [1.807, 2.05) is 54.9 Å². The number of aromatic nitrogens is 4. The zero-order chi connectivity index (χ0) is 25.2. The summed E-state index contributed by atoms with van der Waals surface area (Å²) in [6.45, 7) is 5.97. The predicted octanol–water partition coefficient (Wildman–Crippen LogP) is 3.94. The maximum atomic E-state index is 12.7. The molecule has 0 unspecified atom stereocenters. The summed E-state index contributed by atoms with van der Waals surface area (Å²) in [5.74, 6) is 6.66. The number of hydrogen-bond acceptors (Lipinski definition) is 6. The topological polar surface area (TPSA) is 102 Å². The average molecular weight is 480 g/mol. The summed E-state index contributed by atoms with van der Waals surface area (Å²) in [4.78, 5) is 23.7. The molecule has 1 amide bonds. The molecular weight excluding hydrogens is 450 g/mol. The first-order chi connectivity index (χ1) is 17.4. The number of amides is 1. The van der Waals surface area contributed by atoms with Crippen molar-refractivity contribution in [2.45, 2.75) is 32.7 Å². The van der Waals surface area contributed by atoms with Crippen LogP contribution in [0.3, 0.4) is 0 Å². The first kappa shape index (κ1) is 23.5. The monoisotopic (exact) mass is 479 g/mol. The van der Waals surface area contributed by atoms with Gasteiger partial charge in [-0.3, -0.25) is 4.79 Å². The molecule has 4 aromatic rings. The van der Waals surface area contributed by atoms with Gasteiger partial charge < -0.3 is 16.0 Å². The van der Waals surface area contributed by atoms with Crippen LogP contribution in [0.1, 0.15) is 51.6 Å². The van der Waals surface area contributed by atoms with Gasteiger partial charge in [0.2, 0.25) is 0 Å². The molecule has 1 aliphatic heterocycles. The third kappa shape index (κ3) is 4.79. The number of anilines is 2. The van der Waals surface area contributed by atoms with E-state index >= 15 is 0 Å². The number of nitrogens with one attached hydrogen (secondary N) is 1. The first-order valence-corrected chi connectivity index (χ1v) is 12.1. The number of carbonyl (C=O) groups is 1. The van der Waals surface area contributed by atoms with Crippen LogP contribution in [0.4, 0.5) is 11.5 Å². The lowest BCUT2D eigenvalue weighted by molar-refractivity contribution is 0.102. The molecule has 1 fully saturated rings. The van der Waals surface area contributed by atoms with Crippen LogP contribution >= 0.6 is 0 Å². The van der Waals surface area contributed by atoms with Gasteiger partial charge in [-0.2, -0.15) is 5.10 Å². The van der Waals surface area contributed by atoms with E-state index in [-0.39, 0.29) is 11.9 Å². The fourth-order valence-corrected chi connectivity index (χ4v) is 4.53. The minimum absolute atomic E-state index is 0.158. The fourth-order valence-electron chi connectivity index (χ4n) is 4.53. The van der Waals surface area contributed by atoms with Gasteiger partial charge in [-0.25, -0.2) is 14.6 Å². The van der Waals surface area contributed by atoms with Gasteiger partial charge in [0.05, 0.1) is 11.4 Å². The maximum absolute atomic E-state index is 12.7. The Morgan fingerprint density at radius 3 is 2.67 bits per heavy atom. The van der Waals surface area contributed by atoms with Crippen LogP contribution in [-0.2, 0) is 0 Å². The highest BCUT2D eigenvalue weighted by Crippen LogP contribution is 2.28. The van der Waals surface area contributed by atoms with E-state index in [0.29, 0.717) is 28.1 Å². The highest BCUT2D eigenvalue weighted by atomic mass is 16.1. The van der Waals surface area contributed by atoms with Crippen molar-refractivity contribution in [1.29, 1.82) is 0 Å². The number of nitrogens with two attached hydrogens (primary N) is 1. The van der Waals surface area contributed by atoms with Crippen molar-refractivity contribution in [1.82, 2.24) is 24.6 Å². The Morgan fingerprint density at radius 1 is 1.08 bits per heavy atom. The van der Waals surface area contributed by atoms with E-state index in [0.717, 1.165) is 48.3 Å². The number of hydrogen-bond donors (Lipinski definition) is 2. The number of nitrogens with zero attached hydrogens (tertiary/aromatic N) is 5. The van der Waals surface area contributed by atoms with Crippen LogP contribution in [0.25, 0.3) is 11.0 Å². The highest BCUT2D eigenvalue weighted by Gasteiger charge is 2.24. The van der Waals surface area contributed by atoms with E-state index in [1.165, 1.54) is 6.33 Å². The number of nitrogen functional groups attached to an aromatic ring is 1. The van der Waals surface area contributed by atoms with Gasteiger partial charge in [-0.1, -0.05) is 29.7 Å². The van der Waals surface area contributed by atoms with E-state index < -0.39 is 0 Å². The van der Waals surface area contributed by atoms with Crippen LogP contribution in [-0.4, -0.2) is 50.7 Å². The molecule has 0 aliphatic carbocycles. The summed E-state index contributed by atoms with van der Waals surface area (Å²) in [5, 5.41) is 8.49. The lowest BCUT2D eigenvalue weighted by Gasteiger charge is -2.29. The second kappa shape index (κ2) is 9.80. The van der Waals surface area contributed by atoms with E-state index in [4.69, 9.17) is 10.8 Å². The molecule has 0 bridgehead atoms. The van der Waals surface area contributed by atoms with Gasteiger partial charge in [0, 0.05) is 16.8 Å². The standard InChI is InChI=1S/C28H29N7O/c1-18-5-4-6-21(15-18)28(36)32-22-9-7-19(2)20(16-22)8-10-24-25-26(29)30-17-31-27(25)35(33-24)23-11-13-34(3)14-12-23/h4-7,9,15-17,23H,11-14H2,1-3H3,(H,32,36)(H2,29,30,31). The third-order valence-corrected chi connectivity index (χ3v) is 6.64. The lowest BCUT2D eigenvalue weighted by Crippen LogP contribution is -2.32. The molecule has 5 rings (SSSR count). The largest absolute Gasteiger partial charge is 0.383 e. The van der Waals surface area contributed by atoms with Crippen LogP contribution in [0.2, 0.25) is 0 Å². The van der Waals surface area contributed by atoms with Crippen LogP contribution < -0.4 is 11.1 Å². The first-order valence-electron chi connectivity index (χ1n) is 12.1. The maximum Gasteiger partial charge on any atom is 0.255 e. The molecule has 3 N–H and O–H groups in total. The minimum Gasteiger partial charge on any atom is -0.383 e. The fraction of sp³-hybridized carbons (Fsp3) is 0.286. The van der Waals surface area contributed by atoms with Gasteiger partial charge in [-0.05, 0) is 82.6 Å². The molecule has 0 atom stereocenters. The van der Waals surface area contributed by atoms with Crippen molar-refractivity contribution < 1.29 is 4.79 Å². The Hall–Kier alpha value is -4.22. The minimum atomic E-state index is -0.158. The molecule has 0 spiro atoms. The predicted molar refractivity (Wildman–Crippen MR) is 142 cm³/mol. The molecule has 2 aromatic carbocycles. The summed E-state index contributed by atoms with van der Waals surface area (Å²) < 4.78 is 1.97. The summed E-state index contributed by atoms with van der Waals surface area (Å²) in [7, 11) is 2.13. The molecule has 182 valence electrons. The van der Waals surface area contributed by atoms with Crippen molar-refractivity contribution in [2.75, 3.05) is 31.2 Å². The van der Waals surface area contributed by atoms with Gasteiger partial charge in [0.1, 0.15) is 17.8 Å². The Bertz CT molecular complexity index is 1500. The molecule has 36 heavy (non-hydrogen) atoms. The van der Waals surface area contributed by atoms with Crippen LogP contribution in [0.5, 0.6) is 0 Å². The molecule has 0 radical (unpaired) electrons. The number of fused-ring (bicyclic) bond motifs is 1. The Labute approximate surface area is 210 Å². The van der Waals surface area contributed by atoms with Gasteiger partial charge in [-0.15, -0.1) is 0 Å². The van der Waals surface area contributed by atoms with Crippen molar-refractivity contribution in [2.24, 2.45) is 0 Å². The van der Waals surface area contributed by atoms with Crippen LogP contribution in [0.15, 0.2) is 48.8 Å². The third-order valence-electron chi connectivity index (χ3n) is 6.64. The Kier molecular flexibility index (Phi) is 6.40. The molecule has 0 saturated carbocycles. The number of carbonyl (C=O) groups excluding carboxylic acids is 1. The SMILES string of the molecule is Cc1cccc(C(=O)Nc2ccc(C)c(C#Cc3nn(C4CCN(C)CC4)c4ncnc(N)c34)c2)c1. The molecule has 1 aliphatic rings. The lowest BCUT2D eigenvalue weighted by atomic mass is 10.1. The molecule has 2 aromatic heterocycles. The number of piperidine rings is 1. The van der Waals surface area contributed by atoms with Gasteiger partial charge >= 0.3 is 0 Å². The van der Waals surface area contributed by atoms with E-state index in [9.17, 15) is 4.79 Å². The number of aryl methyl sites for hydroxylation is 2. The average Bonchev–Trinajstić information content (AvgIpc) is 3.24. The molecule has 8 heteroatoms. The molecular formula is C28H29N7O. The van der Waals surface area contributed by atoms with Crippen molar-refractivity contribution in [3.05, 3.63) is 76.7 Å². The quantitative estimate of drug-likeness (QED) is 0.432. The Morgan fingerprint density at radius 2 is 1.89 bits per heavy atom. The zero-order valence-corrected chi connectivity index (χ0v) is 20.7. The van der Waals surface area contributed by atoms with Gasteiger partial charge in [0.25, 0.3) is 5.91 Å². The summed E-state index contributed by atoms with van der Waals surface area (Å²) in [6, 6.07) is 13.5. The smallest absolute Gasteiger partial charge is 0.255 e. The summed E-state index contributed by atoms with van der Waals surface area (Å²) >= 11 is 0. The zero-order valence-electron chi connectivity index (χ0n) is 20.7.